The van der Waals surface area contributed by atoms with E-state index < -0.39 is 6.10 Å². The smallest absolute Gasteiger partial charge is 0.306 e. The molecule has 0 aliphatic rings. The Morgan fingerprint density at radius 3 is 0.891 bits per heavy atom. The number of rotatable bonds is 43. The molecule has 0 heterocycles. The van der Waals surface area contributed by atoms with Gasteiger partial charge in [-0.1, -0.05) is 227 Å². The molecule has 0 aliphatic carbocycles. The van der Waals surface area contributed by atoms with Gasteiger partial charge in [0, 0.05) is 19.3 Å². The average Bonchev–Trinajstić information content (AvgIpc) is 3.15. The second-order valence-corrected chi connectivity index (χ2v) is 17.7. The van der Waals surface area contributed by atoms with Gasteiger partial charge >= 0.3 is 17.9 Å². The van der Waals surface area contributed by atoms with Crippen LogP contribution in [-0.2, 0) is 28.6 Å². The highest BCUT2D eigenvalue weighted by atomic mass is 16.6. The fourth-order valence-electron chi connectivity index (χ4n) is 7.28. The number of hydrogen-bond donors (Lipinski definition) is 0. The van der Waals surface area contributed by atoms with E-state index in [2.05, 4.69) is 34.6 Å². The summed E-state index contributed by atoms with van der Waals surface area (Å²) in [4.78, 5) is 37.7. The summed E-state index contributed by atoms with van der Waals surface area (Å²) >= 11 is 0. The Morgan fingerprint density at radius 1 is 0.345 bits per heavy atom. The van der Waals surface area contributed by atoms with Gasteiger partial charge in [-0.25, -0.2) is 0 Å². The molecule has 326 valence electrons. The van der Waals surface area contributed by atoms with Gasteiger partial charge in [0.05, 0.1) is 0 Å². The minimum atomic E-state index is -0.760. The Bertz CT molecular complexity index is 839. The van der Waals surface area contributed by atoms with E-state index in [1.165, 1.54) is 154 Å². The molecule has 0 aliphatic heterocycles. The highest BCUT2D eigenvalue weighted by molar-refractivity contribution is 5.71. The summed E-state index contributed by atoms with van der Waals surface area (Å²) in [5.74, 6) is 0.769. The lowest BCUT2D eigenvalue weighted by Crippen LogP contribution is -2.30. The van der Waals surface area contributed by atoms with E-state index in [0.717, 1.165) is 69.6 Å². The van der Waals surface area contributed by atoms with Crippen LogP contribution in [0.1, 0.15) is 266 Å². The van der Waals surface area contributed by atoms with Crippen molar-refractivity contribution in [3.63, 3.8) is 0 Å². The lowest BCUT2D eigenvalue weighted by molar-refractivity contribution is -0.167. The summed E-state index contributed by atoms with van der Waals surface area (Å²) in [6.45, 7) is 11.3. The van der Waals surface area contributed by atoms with Gasteiger partial charge in [0.1, 0.15) is 13.2 Å². The Morgan fingerprint density at radius 2 is 0.600 bits per heavy atom. The first-order chi connectivity index (χ1) is 26.7. The minimum absolute atomic E-state index is 0.0649. The predicted octanol–water partition coefficient (Wildman–Crippen LogP) is 15.4. The number of esters is 3. The van der Waals surface area contributed by atoms with Crippen LogP contribution in [0, 0.1) is 11.8 Å². The number of ether oxygens (including phenoxy) is 3. The van der Waals surface area contributed by atoms with Crippen molar-refractivity contribution < 1.29 is 28.6 Å². The van der Waals surface area contributed by atoms with Crippen LogP contribution < -0.4 is 0 Å². The molecule has 0 aromatic carbocycles. The second kappa shape index (κ2) is 42.0. The first-order valence-corrected chi connectivity index (χ1v) is 24.2. The van der Waals surface area contributed by atoms with Crippen molar-refractivity contribution in [2.75, 3.05) is 13.2 Å². The second-order valence-electron chi connectivity index (χ2n) is 17.7. The van der Waals surface area contributed by atoms with Gasteiger partial charge in [-0.05, 0) is 31.1 Å². The van der Waals surface area contributed by atoms with Crippen LogP contribution in [0.4, 0.5) is 0 Å². The van der Waals surface area contributed by atoms with Gasteiger partial charge in [0.2, 0.25) is 0 Å². The van der Waals surface area contributed by atoms with Crippen LogP contribution in [0.15, 0.2) is 0 Å². The van der Waals surface area contributed by atoms with E-state index in [-0.39, 0.29) is 31.1 Å². The zero-order valence-corrected chi connectivity index (χ0v) is 37.6. The minimum Gasteiger partial charge on any atom is -0.462 e. The van der Waals surface area contributed by atoms with Crippen LogP contribution in [0.2, 0.25) is 0 Å². The first-order valence-electron chi connectivity index (χ1n) is 24.2. The van der Waals surface area contributed by atoms with Crippen molar-refractivity contribution in [1.82, 2.24) is 0 Å². The predicted molar refractivity (Wildman–Crippen MR) is 233 cm³/mol. The quantitative estimate of drug-likeness (QED) is 0.0348. The van der Waals surface area contributed by atoms with E-state index in [1.807, 2.05) is 0 Å². The summed E-state index contributed by atoms with van der Waals surface area (Å²) in [6.07, 6.45) is 41.0. The molecule has 0 radical (unpaired) electrons. The fraction of sp³-hybridized carbons (Fsp3) is 0.939. The van der Waals surface area contributed by atoms with Crippen molar-refractivity contribution in [3.8, 4) is 0 Å². The van der Waals surface area contributed by atoms with Crippen molar-refractivity contribution in [3.05, 3.63) is 0 Å². The number of carbonyl (C=O) groups excluding carboxylic acids is 3. The van der Waals surface area contributed by atoms with Crippen LogP contribution in [-0.4, -0.2) is 37.2 Å². The largest absolute Gasteiger partial charge is 0.462 e. The van der Waals surface area contributed by atoms with Gasteiger partial charge in [0.25, 0.3) is 0 Å². The molecule has 0 amide bonds. The zero-order valence-electron chi connectivity index (χ0n) is 37.6. The molecule has 1 atom stereocenters. The molecule has 6 nitrogen and oxygen atoms in total. The van der Waals surface area contributed by atoms with Gasteiger partial charge < -0.3 is 14.2 Å². The zero-order chi connectivity index (χ0) is 40.5. The third kappa shape index (κ3) is 43.4. The topological polar surface area (TPSA) is 78.9 Å². The average molecular weight is 779 g/mol. The van der Waals surface area contributed by atoms with Crippen LogP contribution in [0.3, 0.4) is 0 Å². The van der Waals surface area contributed by atoms with Crippen LogP contribution in [0.5, 0.6) is 0 Å². The molecule has 0 bridgehead atoms. The summed E-state index contributed by atoms with van der Waals surface area (Å²) in [5, 5.41) is 0. The summed E-state index contributed by atoms with van der Waals surface area (Å²) in [5.41, 5.74) is 0. The van der Waals surface area contributed by atoms with Crippen molar-refractivity contribution in [2.24, 2.45) is 11.8 Å². The van der Waals surface area contributed by atoms with E-state index in [1.54, 1.807) is 0 Å². The molecule has 0 aromatic heterocycles. The fourth-order valence-corrected chi connectivity index (χ4v) is 7.28. The van der Waals surface area contributed by atoms with Gasteiger partial charge in [0.15, 0.2) is 6.10 Å². The lowest BCUT2D eigenvalue weighted by Gasteiger charge is -2.18. The number of hydrogen-bond acceptors (Lipinski definition) is 6. The van der Waals surface area contributed by atoms with Gasteiger partial charge in [-0.3, -0.25) is 14.4 Å². The molecular weight excluding hydrogens is 685 g/mol. The molecule has 0 N–H and O–H groups in total. The molecule has 55 heavy (non-hydrogen) atoms. The van der Waals surface area contributed by atoms with Gasteiger partial charge in [-0.15, -0.1) is 0 Å². The van der Waals surface area contributed by atoms with Crippen LogP contribution in [0.25, 0.3) is 0 Å². The maximum atomic E-state index is 12.7. The molecule has 0 aromatic rings. The molecule has 0 unspecified atom stereocenters. The van der Waals surface area contributed by atoms with Crippen molar-refractivity contribution in [1.29, 1.82) is 0 Å². The Balaban J connectivity index is 4.22. The molecule has 0 saturated heterocycles. The summed E-state index contributed by atoms with van der Waals surface area (Å²) in [7, 11) is 0. The molecule has 6 heteroatoms. The van der Waals surface area contributed by atoms with E-state index in [0.29, 0.717) is 19.3 Å². The first kappa shape index (κ1) is 53.4. The SMILES string of the molecule is CCCCCCCCCCCC(=O)OC[C@H](COC(=O)CCCCCCCCCCCCCCCCCC(C)C)OC(=O)CCCCCCCCCC(C)C. The highest BCUT2D eigenvalue weighted by Gasteiger charge is 2.19. The number of carbonyl (C=O) groups is 3. The normalized spacial score (nSPS) is 12.1. The summed E-state index contributed by atoms with van der Waals surface area (Å²) in [6, 6.07) is 0. The molecule has 0 spiro atoms. The van der Waals surface area contributed by atoms with E-state index >= 15 is 0 Å². The Hall–Kier alpha value is -1.59. The van der Waals surface area contributed by atoms with E-state index in [9.17, 15) is 14.4 Å². The molecular formula is C49H94O6. The third-order valence-corrected chi connectivity index (χ3v) is 11.0. The van der Waals surface area contributed by atoms with Gasteiger partial charge in [-0.2, -0.15) is 0 Å². The monoisotopic (exact) mass is 779 g/mol. The maximum absolute atomic E-state index is 12.7. The lowest BCUT2D eigenvalue weighted by atomic mass is 10.0. The highest BCUT2D eigenvalue weighted by Crippen LogP contribution is 2.17. The van der Waals surface area contributed by atoms with Crippen molar-refractivity contribution >= 4 is 17.9 Å². The molecule has 0 saturated carbocycles. The van der Waals surface area contributed by atoms with Crippen LogP contribution >= 0.6 is 0 Å². The maximum Gasteiger partial charge on any atom is 0.306 e. The molecule has 0 fully saturated rings. The third-order valence-electron chi connectivity index (χ3n) is 11.0. The summed E-state index contributed by atoms with van der Waals surface area (Å²) < 4.78 is 16.7. The Kier molecular flexibility index (Phi) is 40.8. The standard InChI is InChI=1S/C49H94O6/c1-6-7-8-9-10-18-24-29-34-39-47(50)53-42-46(55-49(52)41-36-31-26-21-23-28-33-38-45(4)5)43-54-48(51)40-35-30-25-20-17-15-13-11-12-14-16-19-22-27-32-37-44(2)3/h44-46H,6-43H2,1-5H3/t46-/m1/s1. The van der Waals surface area contributed by atoms with E-state index in [4.69, 9.17) is 14.2 Å². The Labute approximate surface area is 342 Å². The van der Waals surface area contributed by atoms with Crippen molar-refractivity contribution in [2.45, 2.75) is 272 Å². The number of unbranched alkanes of at least 4 members (excludes halogenated alkanes) is 28. The molecule has 0 rings (SSSR count).